The quantitative estimate of drug-likeness (QED) is 0.921. The molecule has 1 aromatic rings. The average molecular weight is 276 g/mol. The second-order valence-electron chi connectivity index (χ2n) is 4.95. The summed E-state index contributed by atoms with van der Waals surface area (Å²) in [4.78, 5) is 25.5. The van der Waals surface area contributed by atoms with Crippen LogP contribution < -0.4 is 10.1 Å². The highest BCUT2D eigenvalue weighted by Gasteiger charge is 2.21. The predicted octanol–water partition coefficient (Wildman–Crippen LogP) is 2.28. The lowest BCUT2D eigenvalue weighted by molar-refractivity contribution is -0.114. The van der Waals surface area contributed by atoms with Gasteiger partial charge in [-0.25, -0.2) is 0 Å². The Morgan fingerprint density at radius 2 is 1.90 bits per heavy atom. The lowest BCUT2D eigenvalue weighted by Gasteiger charge is -2.27. The fraction of sp³-hybridized carbons (Fsp3) is 0.467. The summed E-state index contributed by atoms with van der Waals surface area (Å²) in [5.74, 6) is 0.343. The van der Waals surface area contributed by atoms with Crippen LogP contribution in [0.5, 0.6) is 5.75 Å². The highest BCUT2D eigenvalue weighted by atomic mass is 16.5. The molecule has 1 aliphatic heterocycles. The van der Waals surface area contributed by atoms with Gasteiger partial charge in [0, 0.05) is 25.7 Å². The molecular formula is C15H20N2O3. The van der Waals surface area contributed by atoms with Crippen molar-refractivity contribution in [2.24, 2.45) is 0 Å². The molecule has 2 amide bonds. The molecule has 1 aromatic carbocycles. The van der Waals surface area contributed by atoms with Crippen LogP contribution in [0.4, 0.5) is 5.69 Å². The first-order valence-electron chi connectivity index (χ1n) is 6.86. The third kappa shape index (κ3) is 3.29. The number of benzene rings is 1. The Morgan fingerprint density at radius 3 is 2.50 bits per heavy atom. The number of nitrogens with one attached hydrogen (secondary N) is 1. The summed E-state index contributed by atoms with van der Waals surface area (Å²) in [6.07, 6.45) is 3.26. The molecule has 0 radical (unpaired) electrons. The Labute approximate surface area is 118 Å². The first-order chi connectivity index (χ1) is 9.61. The van der Waals surface area contributed by atoms with E-state index < -0.39 is 0 Å². The monoisotopic (exact) mass is 276 g/mol. The van der Waals surface area contributed by atoms with Gasteiger partial charge in [-0.05, 0) is 37.5 Å². The summed E-state index contributed by atoms with van der Waals surface area (Å²) in [6, 6.07) is 5.12. The number of anilines is 1. The van der Waals surface area contributed by atoms with Gasteiger partial charge in [0.2, 0.25) is 5.91 Å². The smallest absolute Gasteiger partial charge is 0.257 e. The molecule has 1 fully saturated rings. The summed E-state index contributed by atoms with van der Waals surface area (Å²) in [6.45, 7) is 3.01. The zero-order valence-corrected chi connectivity index (χ0v) is 11.9. The molecule has 1 heterocycles. The highest BCUT2D eigenvalue weighted by Crippen LogP contribution is 2.25. The number of hydrogen-bond acceptors (Lipinski definition) is 3. The number of carbonyl (C=O) groups excluding carboxylic acids is 2. The first-order valence-corrected chi connectivity index (χ1v) is 6.86. The molecule has 5 nitrogen and oxygen atoms in total. The molecule has 0 atom stereocenters. The maximum atomic E-state index is 12.6. The Morgan fingerprint density at radius 1 is 1.20 bits per heavy atom. The van der Waals surface area contributed by atoms with Gasteiger partial charge in [0.05, 0.1) is 12.7 Å². The summed E-state index contributed by atoms with van der Waals surface area (Å²) in [5, 5.41) is 2.69. The summed E-state index contributed by atoms with van der Waals surface area (Å²) >= 11 is 0. The number of piperidine rings is 1. The number of rotatable bonds is 3. The van der Waals surface area contributed by atoms with Crippen molar-refractivity contribution >= 4 is 17.5 Å². The molecule has 5 heteroatoms. The molecule has 1 saturated heterocycles. The minimum atomic E-state index is -0.161. The van der Waals surface area contributed by atoms with E-state index in [0.717, 1.165) is 25.9 Å². The van der Waals surface area contributed by atoms with E-state index in [2.05, 4.69) is 5.32 Å². The number of nitrogens with zero attached hydrogens (tertiary/aromatic N) is 1. The molecule has 0 spiro atoms. The number of amides is 2. The molecule has 0 aromatic heterocycles. The van der Waals surface area contributed by atoms with Crippen LogP contribution >= 0.6 is 0 Å². The second kappa shape index (κ2) is 6.41. The predicted molar refractivity (Wildman–Crippen MR) is 77.1 cm³/mol. The van der Waals surface area contributed by atoms with Crippen LogP contribution in [0.3, 0.4) is 0 Å². The van der Waals surface area contributed by atoms with Gasteiger partial charge >= 0.3 is 0 Å². The minimum absolute atomic E-state index is 0.0336. The van der Waals surface area contributed by atoms with Gasteiger partial charge in [-0.15, -0.1) is 0 Å². The Hall–Kier alpha value is -2.04. The van der Waals surface area contributed by atoms with Crippen molar-refractivity contribution in [2.75, 3.05) is 25.5 Å². The number of likely N-dealkylation sites (tertiary alicyclic amines) is 1. The SMILES string of the molecule is COc1ccc(NC(C)=O)cc1C(=O)N1CCCCC1. The van der Waals surface area contributed by atoms with E-state index in [1.807, 2.05) is 4.90 Å². The van der Waals surface area contributed by atoms with E-state index >= 15 is 0 Å². The number of methoxy groups -OCH3 is 1. The van der Waals surface area contributed by atoms with Gasteiger partial charge in [0.1, 0.15) is 5.75 Å². The first kappa shape index (κ1) is 14.4. The van der Waals surface area contributed by atoms with Crippen molar-refractivity contribution in [3.05, 3.63) is 23.8 Å². The van der Waals surface area contributed by atoms with Gasteiger partial charge < -0.3 is 15.0 Å². The fourth-order valence-electron chi connectivity index (χ4n) is 2.42. The molecular weight excluding hydrogens is 256 g/mol. The van der Waals surface area contributed by atoms with Crippen LogP contribution in [0.1, 0.15) is 36.5 Å². The molecule has 108 valence electrons. The summed E-state index contributed by atoms with van der Waals surface area (Å²) < 4.78 is 5.26. The van der Waals surface area contributed by atoms with Crippen molar-refractivity contribution in [1.29, 1.82) is 0 Å². The van der Waals surface area contributed by atoms with Crippen molar-refractivity contribution in [3.8, 4) is 5.75 Å². The van der Waals surface area contributed by atoms with E-state index in [1.54, 1.807) is 25.3 Å². The van der Waals surface area contributed by atoms with Crippen LogP contribution in [-0.4, -0.2) is 36.9 Å². The van der Waals surface area contributed by atoms with E-state index in [0.29, 0.717) is 17.0 Å². The highest BCUT2D eigenvalue weighted by molar-refractivity contribution is 5.99. The third-order valence-electron chi connectivity index (χ3n) is 3.39. The van der Waals surface area contributed by atoms with Crippen LogP contribution in [-0.2, 0) is 4.79 Å². The van der Waals surface area contributed by atoms with Crippen molar-refractivity contribution < 1.29 is 14.3 Å². The lowest BCUT2D eigenvalue weighted by Crippen LogP contribution is -2.35. The van der Waals surface area contributed by atoms with E-state index in [4.69, 9.17) is 4.74 Å². The summed E-state index contributed by atoms with van der Waals surface area (Å²) in [7, 11) is 1.54. The summed E-state index contributed by atoms with van der Waals surface area (Å²) in [5.41, 5.74) is 1.11. The van der Waals surface area contributed by atoms with Crippen LogP contribution in [0.15, 0.2) is 18.2 Å². The molecule has 0 bridgehead atoms. The molecule has 0 saturated carbocycles. The number of hydrogen-bond donors (Lipinski definition) is 1. The molecule has 1 aliphatic rings. The van der Waals surface area contributed by atoms with Crippen molar-refractivity contribution in [3.63, 3.8) is 0 Å². The largest absolute Gasteiger partial charge is 0.496 e. The van der Waals surface area contributed by atoms with Gasteiger partial charge in [0.25, 0.3) is 5.91 Å². The van der Waals surface area contributed by atoms with Crippen molar-refractivity contribution in [2.45, 2.75) is 26.2 Å². The zero-order valence-electron chi connectivity index (χ0n) is 11.9. The van der Waals surface area contributed by atoms with Gasteiger partial charge in [-0.2, -0.15) is 0 Å². The van der Waals surface area contributed by atoms with E-state index in [1.165, 1.54) is 13.3 Å². The fourth-order valence-corrected chi connectivity index (χ4v) is 2.42. The van der Waals surface area contributed by atoms with Crippen molar-refractivity contribution in [1.82, 2.24) is 4.90 Å². The van der Waals surface area contributed by atoms with Crippen LogP contribution in [0.2, 0.25) is 0 Å². The molecule has 0 unspecified atom stereocenters. The van der Waals surface area contributed by atoms with Gasteiger partial charge in [-0.1, -0.05) is 0 Å². The average Bonchev–Trinajstić information content (AvgIpc) is 2.46. The number of carbonyl (C=O) groups is 2. The third-order valence-corrected chi connectivity index (χ3v) is 3.39. The minimum Gasteiger partial charge on any atom is -0.496 e. The van der Waals surface area contributed by atoms with Gasteiger partial charge in [-0.3, -0.25) is 9.59 Å². The number of ether oxygens (including phenoxy) is 1. The molecule has 20 heavy (non-hydrogen) atoms. The second-order valence-corrected chi connectivity index (χ2v) is 4.95. The Bertz CT molecular complexity index is 508. The molecule has 1 N–H and O–H groups in total. The standard InChI is InChI=1S/C15H20N2O3/c1-11(18)16-12-6-7-14(20-2)13(10-12)15(19)17-8-4-3-5-9-17/h6-7,10H,3-5,8-9H2,1-2H3,(H,16,18). The topological polar surface area (TPSA) is 58.6 Å². The van der Waals surface area contributed by atoms with E-state index in [9.17, 15) is 9.59 Å². The normalized spacial score (nSPS) is 14.8. The molecule has 2 rings (SSSR count). The lowest BCUT2D eigenvalue weighted by atomic mass is 10.1. The Kier molecular flexibility index (Phi) is 4.61. The van der Waals surface area contributed by atoms with E-state index in [-0.39, 0.29) is 11.8 Å². The maximum absolute atomic E-state index is 12.6. The Balaban J connectivity index is 2.26. The van der Waals surface area contributed by atoms with Gasteiger partial charge in [0.15, 0.2) is 0 Å². The molecule has 0 aliphatic carbocycles. The maximum Gasteiger partial charge on any atom is 0.257 e. The zero-order chi connectivity index (χ0) is 14.5. The van der Waals surface area contributed by atoms with Crippen LogP contribution in [0.25, 0.3) is 0 Å². The van der Waals surface area contributed by atoms with Crippen LogP contribution in [0, 0.1) is 0 Å².